The van der Waals surface area contributed by atoms with Crippen molar-refractivity contribution in [2.24, 2.45) is 12.0 Å². The SMILES string of the molecule is CCNC(=NCCC(C)N(C)C(=O)OC(C)(C)C)N(C)Cc1cccn1C. The lowest BCUT2D eigenvalue weighted by molar-refractivity contribution is 0.0231. The van der Waals surface area contributed by atoms with Gasteiger partial charge in [-0.05, 0) is 53.2 Å². The second kappa shape index (κ2) is 10.2. The number of rotatable bonds is 7. The second-order valence-electron chi connectivity index (χ2n) is 7.93. The summed E-state index contributed by atoms with van der Waals surface area (Å²) in [5, 5.41) is 3.33. The molecule has 0 radical (unpaired) electrons. The standard InChI is InChI=1S/C20H37N5O2/c1-9-21-18(24(7)15-17-11-10-14-23(17)6)22-13-12-16(2)25(8)19(26)27-20(3,4)5/h10-11,14,16H,9,12-13,15H2,1-8H3,(H,21,22). The Kier molecular flexibility index (Phi) is 8.66. The van der Waals surface area contributed by atoms with E-state index in [0.29, 0.717) is 6.54 Å². The van der Waals surface area contributed by atoms with Crippen LogP contribution >= 0.6 is 0 Å². The predicted octanol–water partition coefficient (Wildman–Crippen LogP) is 3.07. The molecule has 1 amide bonds. The third kappa shape index (κ3) is 7.93. The van der Waals surface area contributed by atoms with E-state index >= 15 is 0 Å². The van der Waals surface area contributed by atoms with Crippen LogP contribution in [0.3, 0.4) is 0 Å². The Morgan fingerprint density at radius 3 is 2.56 bits per heavy atom. The Hall–Kier alpha value is -2.18. The second-order valence-corrected chi connectivity index (χ2v) is 7.93. The zero-order valence-corrected chi connectivity index (χ0v) is 18.2. The summed E-state index contributed by atoms with van der Waals surface area (Å²) in [6.45, 7) is 11.9. The van der Waals surface area contributed by atoms with Crippen molar-refractivity contribution < 1.29 is 9.53 Å². The van der Waals surface area contributed by atoms with E-state index in [-0.39, 0.29) is 12.1 Å². The summed E-state index contributed by atoms with van der Waals surface area (Å²) in [7, 11) is 5.85. The summed E-state index contributed by atoms with van der Waals surface area (Å²) in [4.78, 5) is 20.6. The van der Waals surface area contributed by atoms with Crippen LogP contribution in [0, 0.1) is 0 Å². The summed E-state index contributed by atoms with van der Waals surface area (Å²) in [6.07, 6.45) is 2.51. The summed E-state index contributed by atoms with van der Waals surface area (Å²) < 4.78 is 7.53. The molecule has 1 N–H and O–H groups in total. The first-order valence-corrected chi connectivity index (χ1v) is 9.60. The van der Waals surface area contributed by atoms with E-state index < -0.39 is 5.60 Å². The number of hydrogen-bond donors (Lipinski definition) is 1. The maximum absolute atomic E-state index is 12.2. The molecule has 1 heterocycles. The van der Waals surface area contributed by atoms with Gasteiger partial charge in [0.2, 0.25) is 0 Å². The molecule has 0 aliphatic heterocycles. The Balaban J connectivity index is 2.61. The van der Waals surface area contributed by atoms with Crippen molar-refractivity contribution in [2.75, 3.05) is 27.2 Å². The van der Waals surface area contributed by atoms with E-state index in [1.807, 2.05) is 54.1 Å². The van der Waals surface area contributed by atoms with Gasteiger partial charge in [0, 0.05) is 52.2 Å². The Morgan fingerprint density at radius 1 is 1.37 bits per heavy atom. The van der Waals surface area contributed by atoms with Crippen LogP contribution in [0.4, 0.5) is 4.79 Å². The third-order valence-electron chi connectivity index (χ3n) is 4.30. The topological polar surface area (TPSA) is 62.1 Å². The van der Waals surface area contributed by atoms with Gasteiger partial charge in [-0.1, -0.05) is 0 Å². The van der Waals surface area contributed by atoms with Crippen LogP contribution in [0.5, 0.6) is 0 Å². The van der Waals surface area contributed by atoms with Gasteiger partial charge in [0.05, 0.1) is 6.54 Å². The van der Waals surface area contributed by atoms with Crippen molar-refractivity contribution in [3.8, 4) is 0 Å². The molecule has 27 heavy (non-hydrogen) atoms. The average molecular weight is 380 g/mol. The summed E-state index contributed by atoms with van der Waals surface area (Å²) in [6, 6.07) is 4.20. The highest BCUT2D eigenvalue weighted by atomic mass is 16.6. The van der Waals surface area contributed by atoms with Gasteiger partial charge in [-0.25, -0.2) is 4.79 Å². The van der Waals surface area contributed by atoms with Crippen LogP contribution in [0.1, 0.15) is 46.7 Å². The molecule has 0 fully saturated rings. The number of carbonyl (C=O) groups excluding carboxylic acids is 1. The molecule has 1 aromatic rings. The van der Waals surface area contributed by atoms with E-state index in [0.717, 1.165) is 25.5 Å². The number of ether oxygens (including phenoxy) is 1. The molecule has 0 aliphatic rings. The van der Waals surface area contributed by atoms with Crippen molar-refractivity contribution in [3.05, 3.63) is 24.0 Å². The summed E-state index contributed by atoms with van der Waals surface area (Å²) in [5.41, 5.74) is 0.738. The van der Waals surface area contributed by atoms with E-state index in [2.05, 4.69) is 27.8 Å². The van der Waals surface area contributed by atoms with Crippen molar-refractivity contribution in [1.82, 2.24) is 19.7 Å². The Morgan fingerprint density at radius 2 is 2.04 bits per heavy atom. The van der Waals surface area contributed by atoms with Crippen LogP contribution in [0.15, 0.2) is 23.3 Å². The van der Waals surface area contributed by atoms with Crippen molar-refractivity contribution >= 4 is 12.1 Å². The number of nitrogens with zero attached hydrogens (tertiary/aromatic N) is 4. The lowest BCUT2D eigenvalue weighted by Crippen LogP contribution is -2.40. The molecule has 0 spiro atoms. The minimum absolute atomic E-state index is 0.0460. The molecule has 0 saturated carbocycles. The smallest absolute Gasteiger partial charge is 0.410 e. The minimum atomic E-state index is -0.485. The van der Waals surface area contributed by atoms with Gasteiger partial charge in [-0.15, -0.1) is 0 Å². The van der Waals surface area contributed by atoms with Gasteiger partial charge in [0.1, 0.15) is 5.60 Å². The fourth-order valence-corrected chi connectivity index (χ4v) is 2.51. The predicted molar refractivity (Wildman–Crippen MR) is 111 cm³/mol. The normalized spacial score (nSPS) is 13.3. The van der Waals surface area contributed by atoms with Crippen molar-refractivity contribution in [2.45, 2.75) is 59.2 Å². The maximum Gasteiger partial charge on any atom is 0.410 e. The lowest BCUT2D eigenvalue weighted by atomic mass is 10.2. The van der Waals surface area contributed by atoms with E-state index in [1.165, 1.54) is 5.69 Å². The minimum Gasteiger partial charge on any atom is -0.444 e. The molecule has 1 atom stereocenters. The van der Waals surface area contributed by atoms with E-state index in [4.69, 9.17) is 9.73 Å². The molecule has 7 heteroatoms. The number of guanidine groups is 1. The van der Waals surface area contributed by atoms with Crippen LogP contribution in [0.2, 0.25) is 0 Å². The molecule has 1 rings (SSSR count). The maximum atomic E-state index is 12.2. The van der Waals surface area contributed by atoms with Gasteiger partial charge in [-0.3, -0.25) is 4.99 Å². The first kappa shape index (κ1) is 22.9. The quantitative estimate of drug-likeness (QED) is 0.584. The lowest BCUT2D eigenvalue weighted by Gasteiger charge is -2.28. The first-order chi connectivity index (χ1) is 12.5. The molecule has 0 saturated heterocycles. The van der Waals surface area contributed by atoms with Crippen LogP contribution in [-0.2, 0) is 18.3 Å². The number of aliphatic imine (C=N–C) groups is 1. The van der Waals surface area contributed by atoms with Gasteiger partial charge in [0.15, 0.2) is 5.96 Å². The van der Waals surface area contributed by atoms with Crippen LogP contribution in [-0.4, -0.2) is 65.2 Å². The number of amides is 1. The fourth-order valence-electron chi connectivity index (χ4n) is 2.51. The molecule has 1 unspecified atom stereocenters. The Labute approximate surface area is 164 Å². The molecule has 0 aliphatic carbocycles. The largest absolute Gasteiger partial charge is 0.444 e. The molecular formula is C20H37N5O2. The average Bonchev–Trinajstić information content (AvgIpc) is 2.96. The van der Waals surface area contributed by atoms with Crippen molar-refractivity contribution in [3.63, 3.8) is 0 Å². The summed E-state index contributed by atoms with van der Waals surface area (Å²) >= 11 is 0. The third-order valence-corrected chi connectivity index (χ3v) is 4.30. The molecule has 7 nitrogen and oxygen atoms in total. The van der Waals surface area contributed by atoms with E-state index in [1.54, 1.807) is 11.9 Å². The van der Waals surface area contributed by atoms with Crippen LogP contribution in [0.25, 0.3) is 0 Å². The zero-order chi connectivity index (χ0) is 20.6. The van der Waals surface area contributed by atoms with Gasteiger partial charge in [-0.2, -0.15) is 0 Å². The number of aromatic nitrogens is 1. The monoisotopic (exact) mass is 379 g/mol. The zero-order valence-electron chi connectivity index (χ0n) is 18.2. The first-order valence-electron chi connectivity index (χ1n) is 9.60. The molecule has 0 bridgehead atoms. The fraction of sp³-hybridized carbons (Fsp3) is 0.700. The van der Waals surface area contributed by atoms with Gasteiger partial charge in [0.25, 0.3) is 0 Å². The van der Waals surface area contributed by atoms with Crippen LogP contribution < -0.4 is 5.32 Å². The van der Waals surface area contributed by atoms with E-state index in [9.17, 15) is 4.79 Å². The highest BCUT2D eigenvalue weighted by Gasteiger charge is 2.22. The number of hydrogen-bond acceptors (Lipinski definition) is 3. The number of aryl methyl sites for hydroxylation is 1. The molecule has 0 aromatic carbocycles. The highest BCUT2D eigenvalue weighted by Crippen LogP contribution is 2.12. The molecule has 1 aromatic heterocycles. The van der Waals surface area contributed by atoms with Gasteiger partial charge < -0.3 is 24.4 Å². The highest BCUT2D eigenvalue weighted by molar-refractivity contribution is 5.79. The molecular weight excluding hydrogens is 342 g/mol. The number of nitrogens with one attached hydrogen (secondary N) is 1. The van der Waals surface area contributed by atoms with Crippen molar-refractivity contribution in [1.29, 1.82) is 0 Å². The molecule has 154 valence electrons. The Bertz CT molecular complexity index is 618. The van der Waals surface area contributed by atoms with Gasteiger partial charge >= 0.3 is 6.09 Å². The summed E-state index contributed by atoms with van der Waals surface area (Å²) in [5.74, 6) is 0.867. The number of carbonyl (C=O) groups is 1.